The monoisotopic (exact) mass is 585 g/mol. The Kier molecular flexibility index (Phi) is 5.88. The Hall–Kier alpha value is -6.37. The first-order valence-corrected chi connectivity index (χ1v) is 15.5. The molecule has 0 radical (unpaired) electrons. The molecule has 2 aromatic heterocycles. The summed E-state index contributed by atoms with van der Waals surface area (Å²) in [7, 11) is 0. The van der Waals surface area contributed by atoms with Crippen LogP contribution in [0.4, 0.5) is 0 Å². The summed E-state index contributed by atoms with van der Waals surface area (Å²) in [6.07, 6.45) is 0. The Bertz CT molecular complexity index is 2560. The van der Waals surface area contributed by atoms with E-state index in [-0.39, 0.29) is 0 Å². The highest BCUT2D eigenvalue weighted by Gasteiger charge is 2.17. The Labute approximate surface area is 266 Å². The Morgan fingerprint density at radius 3 is 1.39 bits per heavy atom. The summed E-state index contributed by atoms with van der Waals surface area (Å²) in [6.45, 7) is 0. The smallest absolute Gasteiger partial charge is 0.101 e. The van der Waals surface area contributed by atoms with E-state index in [0.717, 1.165) is 44.7 Å². The van der Waals surface area contributed by atoms with Crippen LogP contribution >= 0.6 is 0 Å². The number of nitrogens with zero attached hydrogens (tertiary/aromatic N) is 3. The summed E-state index contributed by atoms with van der Waals surface area (Å²) < 4.78 is 4.61. The van der Waals surface area contributed by atoms with Gasteiger partial charge in [-0.25, -0.2) is 0 Å². The lowest BCUT2D eigenvalue weighted by molar-refractivity contribution is 1.17. The van der Waals surface area contributed by atoms with Gasteiger partial charge in [0.25, 0.3) is 0 Å². The summed E-state index contributed by atoms with van der Waals surface area (Å²) in [6, 6.07) is 60.1. The van der Waals surface area contributed by atoms with Crippen LogP contribution in [0.25, 0.3) is 77.2 Å². The van der Waals surface area contributed by atoms with Gasteiger partial charge in [-0.15, -0.1) is 0 Å². The maximum absolute atomic E-state index is 10.2. The Morgan fingerprint density at radius 2 is 0.826 bits per heavy atom. The van der Waals surface area contributed by atoms with E-state index >= 15 is 0 Å². The van der Waals surface area contributed by atoms with Crippen molar-refractivity contribution in [3.05, 3.63) is 169 Å². The molecule has 9 aromatic rings. The molecule has 0 amide bonds. The third-order valence-corrected chi connectivity index (χ3v) is 9.17. The minimum atomic E-state index is 0.642. The second-order valence-electron chi connectivity index (χ2n) is 11.7. The van der Waals surface area contributed by atoms with Gasteiger partial charge >= 0.3 is 0 Å². The summed E-state index contributed by atoms with van der Waals surface area (Å²) >= 11 is 0. The van der Waals surface area contributed by atoms with Crippen LogP contribution in [0.5, 0.6) is 0 Å². The van der Waals surface area contributed by atoms with Crippen LogP contribution in [0.3, 0.4) is 0 Å². The van der Waals surface area contributed by atoms with Crippen molar-refractivity contribution in [3.8, 4) is 39.7 Å². The molecule has 0 spiro atoms. The molecule has 0 bridgehead atoms. The normalized spacial score (nSPS) is 11.5. The zero-order valence-corrected chi connectivity index (χ0v) is 24.9. The van der Waals surface area contributed by atoms with Gasteiger partial charge in [0.05, 0.1) is 39.0 Å². The van der Waals surface area contributed by atoms with Gasteiger partial charge in [-0.2, -0.15) is 5.26 Å². The van der Waals surface area contributed by atoms with Crippen LogP contribution in [-0.2, 0) is 0 Å². The van der Waals surface area contributed by atoms with E-state index in [9.17, 15) is 5.26 Å². The first-order chi connectivity index (χ1) is 22.8. The standard InChI is InChI=1S/C43H27N3/c44-28-32-25-24-30(27-43(32)46-41-22-9-4-17-36(41)37-18-5-10-23-42(37)46)29-12-11-13-31(26-29)33-14-1-6-19-38(33)45-39-20-7-2-15-34(39)35-16-3-8-21-40(35)45/h1-27H. The van der Waals surface area contributed by atoms with Crippen molar-refractivity contribution in [1.29, 1.82) is 5.26 Å². The zero-order valence-electron chi connectivity index (χ0n) is 24.9. The van der Waals surface area contributed by atoms with E-state index in [1.165, 1.54) is 32.6 Å². The van der Waals surface area contributed by atoms with Gasteiger partial charge < -0.3 is 9.13 Å². The summed E-state index contributed by atoms with van der Waals surface area (Å²) in [5.74, 6) is 0. The molecule has 0 atom stereocenters. The number of hydrogen-bond donors (Lipinski definition) is 0. The van der Waals surface area contributed by atoms with Crippen molar-refractivity contribution < 1.29 is 0 Å². The number of rotatable bonds is 4. The van der Waals surface area contributed by atoms with Gasteiger partial charge in [0.2, 0.25) is 0 Å². The predicted molar refractivity (Wildman–Crippen MR) is 191 cm³/mol. The molecule has 0 unspecified atom stereocenters. The van der Waals surface area contributed by atoms with Crippen molar-refractivity contribution in [2.24, 2.45) is 0 Å². The zero-order chi connectivity index (χ0) is 30.6. The fourth-order valence-electron chi connectivity index (χ4n) is 7.13. The summed E-state index contributed by atoms with van der Waals surface area (Å²) in [4.78, 5) is 0. The van der Waals surface area contributed by atoms with Crippen LogP contribution in [-0.4, -0.2) is 9.13 Å². The van der Waals surface area contributed by atoms with E-state index in [1.54, 1.807) is 0 Å². The third-order valence-electron chi connectivity index (χ3n) is 9.17. The molecule has 0 aliphatic rings. The maximum atomic E-state index is 10.2. The molecule has 46 heavy (non-hydrogen) atoms. The van der Waals surface area contributed by atoms with Crippen molar-refractivity contribution in [2.45, 2.75) is 0 Å². The van der Waals surface area contributed by atoms with Crippen molar-refractivity contribution in [3.63, 3.8) is 0 Å². The van der Waals surface area contributed by atoms with E-state index < -0.39 is 0 Å². The molecular formula is C43H27N3. The molecule has 7 aromatic carbocycles. The molecule has 3 nitrogen and oxygen atoms in total. The highest BCUT2D eigenvalue weighted by molar-refractivity contribution is 6.10. The van der Waals surface area contributed by atoms with E-state index in [4.69, 9.17) is 0 Å². The molecule has 0 aliphatic carbocycles. The summed E-state index contributed by atoms with van der Waals surface area (Å²) in [5.41, 5.74) is 11.7. The van der Waals surface area contributed by atoms with E-state index in [1.807, 2.05) is 6.07 Å². The largest absolute Gasteiger partial charge is 0.309 e. The fourth-order valence-corrected chi connectivity index (χ4v) is 7.13. The number of hydrogen-bond acceptors (Lipinski definition) is 1. The number of fused-ring (bicyclic) bond motifs is 6. The van der Waals surface area contributed by atoms with E-state index in [2.05, 4.69) is 173 Å². The van der Waals surface area contributed by atoms with Gasteiger partial charge in [-0.1, -0.05) is 115 Å². The Morgan fingerprint density at radius 1 is 0.370 bits per heavy atom. The van der Waals surface area contributed by atoms with Crippen LogP contribution < -0.4 is 0 Å². The Balaban J connectivity index is 1.23. The number of benzene rings is 7. The van der Waals surface area contributed by atoms with Gasteiger partial charge in [-0.3, -0.25) is 0 Å². The minimum Gasteiger partial charge on any atom is -0.309 e. The highest BCUT2D eigenvalue weighted by atomic mass is 15.0. The number of aromatic nitrogens is 2. The molecule has 0 fully saturated rings. The maximum Gasteiger partial charge on any atom is 0.101 e. The molecule has 3 heteroatoms. The molecule has 0 N–H and O–H groups in total. The lowest BCUT2D eigenvalue weighted by Crippen LogP contribution is -1.98. The van der Waals surface area contributed by atoms with Crippen LogP contribution in [0.1, 0.15) is 5.56 Å². The number of para-hydroxylation sites is 5. The molecule has 0 saturated heterocycles. The average Bonchev–Trinajstić information content (AvgIpc) is 3.64. The third kappa shape index (κ3) is 3.91. The quantitative estimate of drug-likeness (QED) is 0.202. The topological polar surface area (TPSA) is 33.6 Å². The lowest BCUT2D eigenvalue weighted by Gasteiger charge is -2.15. The molecule has 214 valence electrons. The summed E-state index contributed by atoms with van der Waals surface area (Å²) in [5, 5.41) is 15.1. The van der Waals surface area contributed by atoms with Crippen molar-refractivity contribution in [2.75, 3.05) is 0 Å². The van der Waals surface area contributed by atoms with Crippen molar-refractivity contribution in [1.82, 2.24) is 9.13 Å². The van der Waals surface area contributed by atoms with Crippen LogP contribution in [0.15, 0.2) is 164 Å². The first-order valence-electron chi connectivity index (χ1n) is 15.5. The minimum absolute atomic E-state index is 0.642. The molecule has 9 rings (SSSR count). The lowest BCUT2D eigenvalue weighted by atomic mass is 9.96. The van der Waals surface area contributed by atoms with Crippen LogP contribution in [0, 0.1) is 11.3 Å². The highest BCUT2D eigenvalue weighted by Crippen LogP contribution is 2.38. The number of nitriles is 1. The fraction of sp³-hybridized carbons (Fsp3) is 0. The SMILES string of the molecule is N#Cc1ccc(-c2cccc(-c3ccccc3-n3c4ccccc4c4ccccc43)c2)cc1-n1c2ccccc2c2ccccc21. The molecule has 0 aliphatic heterocycles. The first kappa shape index (κ1) is 26.1. The van der Waals surface area contributed by atoms with Crippen molar-refractivity contribution >= 4 is 43.6 Å². The van der Waals surface area contributed by atoms with E-state index in [0.29, 0.717) is 5.56 Å². The van der Waals surface area contributed by atoms with Gasteiger partial charge in [-0.05, 0) is 65.2 Å². The molecule has 2 heterocycles. The second kappa shape index (κ2) is 10.4. The second-order valence-corrected chi connectivity index (χ2v) is 11.7. The van der Waals surface area contributed by atoms with Gasteiger partial charge in [0.1, 0.15) is 6.07 Å². The van der Waals surface area contributed by atoms with Gasteiger partial charge in [0.15, 0.2) is 0 Å². The van der Waals surface area contributed by atoms with Crippen LogP contribution in [0.2, 0.25) is 0 Å². The average molecular weight is 586 g/mol. The predicted octanol–water partition coefficient (Wildman–Crippen LogP) is 11.1. The van der Waals surface area contributed by atoms with Gasteiger partial charge in [0, 0.05) is 27.1 Å². The molecule has 0 saturated carbocycles. The molecular weight excluding hydrogens is 558 g/mol.